The largest absolute Gasteiger partial charge is 0.389 e. The van der Waals surface area contributed by atoms with Crippen molar-refractivity contribution in [3.63, 3.8) is 0 Å². The molecule has 2 rings (SSSR count). The number of aromatic nitrogens is 1. The molecule has 0 unspecified atom stereocenters. The van der Waals surface area contributed by atoms with Gasteiger partial charge in [0.2, 0.25) is 0 Å². The van der Waals surface area contributed by atoms with Gasteiger partial charge in [0, 0.05) is 5.92 Å². The Hall–Kier alpha value is -0.570. The SMILES string of the molecule is Nc1scnc1C1CCCCCC1. The number of hydrogen-bond donors (Lipinski definition) is 1. The summed E-state index contributed by atoms with van der Waals surface area (Å²) in [6.45, 7) is 0. The normalized spacial score (nSPS) is 20.0. The van der Waals surface area contributed by atoms with E-state index in [1.165, 1.54) is 44.2 Å². The smallest absolute Gasteiger partial charge is 0.109 e. The molecule has 0 saturated heterocycles. The van der Waals surface area contributed by atoms with Gasteiger partial charge >= 0.3 is 0 Å². The molecule has 1 saturated carbocycles. The molecular weight excluding hydrogens is 180 g/mol. The maximum Gasteiger partial charge on any atom is 0.109 e. The van der Waals surface area contributed by atoms with Crippen molar-refractivity contribution in [3.8, 4) is 0 Å². The van der Waals surface area contributed by atoms with Gasteiger partial charge in [0.1, 0.15) is 5.00 Å². The van der Waals surface area contributed by atoms with Crippen LogP contribution in [-0.4, -0.2) is 4.98 Å². The monoisotopic (exact) mass is 196 g/mol. The first-order valence-corrected chi connectivity index (χ1v) is 5.95. The molecule has 1 fully saturated rings. The van der Waals surface area contributed by atoms with Gasteiger partial charge in [-0.1, -0.05) is 25.7 Å². The Labute approximate surface area is 83.2 Å². The minimum atomic E-state index is 0.647. The van der Waals surface area contributed by atoms with Crippen LogP contribution in [0, 0.1) is 0 Å². The standard InChI is InChI=1S/C10H16N2S/c11-10-9(12-7-13-10)8-5-3-1-2-4-6-8/h7-8H,1-6,11H2. The third kappa shape index (κ3) is 2.02. The lowest BCUT2D eigenvalue weighted by atomic mass is 9.97. The molecule has 0 bridgehead atoms. The topological polar surface area (TPSA) is 38.9 Å². The van der Waals surface area contributed by atoms with E-state index in [1.54, 1.807) is 11.3 Å². The number of hydrogen-bond acceptors (Lipinski definition) is 3. The van der Waals surface area contributed by atoms with Gasteiger partial charge in [0.15, 0.2) is 0 Å². The summed E-state index contributed by atoms with van der Waals surface area (Å²) in [6.07, 6.45) is 8.05. The highest BCUT2D eigenvalue weighted by molar-refractivity contribution is 7.13. The van der Waals surface area contributed by atoms with Crippen LogP contribution in [-0.2, 0) is 0 Å². The molecule has 1 aromatic heterocycles. The van der Waals surface area contributed by atoms with E-state index in [0.29, 0.717) is 5.92 Å². The molecule has 0 aliphatic heterocycles. The Balaban J connectivity index is 2.10. The average Bonchev–Trinajstić information content (AvgIpc) is 2.43. The van der Waals surface area contributed by atoms with Gasteiger partial charge in [-0.05, 0) is 12.8 Å². The van der Waals surface area contributed by atoms with Crippen molar-refractivity contribution in [2.75, 3.05) is 5.73 Å². The maximum absolute atomic E-state index is 5.88. The highest BCUT2D eigenvalue weighted by atomic mass is 32.1. The zero-order chi connectivity index (χ0) is 9.10. The van der Waals surface area contributed by atoms with E-state index in [1.807, 2.05) is 5.51 Å². The molecule has 0 spiro atoms. The average molecular weight is 196 g/mol. The van der Waals surface area contributed by atoms with E-state index >= 15 is 0 Å². The molecule has 0 amide bonds. The Morgan fingerprint density at radius 1 is 1.23 bits per heavy atom. The van der Waals surface area contributed by atoms with Crippen molar-refractivity contribution in [3.05, 3.63) is 11.2 Å². The van der Waals surface area contributed by atoms with E-state index in [2.05, 4.69) is 4.98 Å². The maximum atomic E-state index is 5.88. The molecule has 13 heavy (non-hydrogen) atoms. The molecule has 0 atom stereocenters. The lowest BCUT2D eigenvalue weighted by Crippen LogP contribution is -2.00. The summed E-state index contributed by atoms with van der Waals surface area (Å²) in [4.78, 5) is 4.37. The summed E-state index contributed by atoms with van der Waals surface area (Å²) < 4.78 is 0. The van der Waals surface area contributed by atoms with Gasteiger partial charge in [-0.25, -0.2) is 4.98 Å². The quantitative estimate of drug-likeness (QED) is 0.701. The van der Waals surface area contributed by atoms with Crippen LogP contribution in [0.1, 0.15) is 50.1 Å². The predicted octanol–water partition coefficient (Wildman–Crippen LogP) is 3.16. The van der Waals surface area contributed by atoms with Crippen LogP contribution in [0.25, 0.3) is 0 Å². The minimum Gasteiger partial charge on any atom is -0.389 e. The van der Waals surface area contributed by atoms with Crippen LogP contribution in [0.5, 0.6) is 0 Å². The Morgan fingerprint density at radius 3 is 2.46 bits per heavy atom. The van der Waals surface area contributed by atoms with E-state index in [4.69, 9.17) is 5.73 Å². The summed E-state index contributed by atoms with van der Waals surface area (Å²) in [5, 5.41) is 0.937. The van der Waals surface area contributed by atoms with E-state index < -0.39 is 0 Å². The molecule has 2 N–H and O–H groups in total. The molecule has 3 heteroatoms. The molecule has 72 valence electrons. The number of rotatable bonds is 1. The molecular formula is C10H16N2S. The zero-order valence-corrected chi connectivity index (χ0v) is 8.65. The lowest BCUT2D eigenvalue weighted by Gasteiger charge is -2.11. The zero-order valence-electron chi connectivity index (χ0n) is 7.83. The minimum absolute atomic E-state index is 0.647. The fourth-order valence-corrected chi connectivity index (χ4v) is 2.74. The Kier molecular flexibility index (Phi) is 2.83. The third-order valence-corrected chi connectivity index (χ3v) is 3.54. The van der Waals surface area contributed by atoms with Crippen molar-refractivity contribution < 1.29 is 0 Å². The summed E-state index contributed by atoms with van der Waals surface area (Å²) in [5.41, 5.74) is 8.92. The molecule has 1 aromatic rings. The van der Waals surface area contributed by atoms with Gasteiger partial charge in [0.25, 0.3) is 0 Å². The van der Waals surface area contributed by atoms with E-state index in [0.717, 1.165) is 5.00 Å². The van der Waals surface area contributed by atoms with Crippen LogP contribution < -0.4 is 5.73 Å². The molecule has 0 aromatic carbocycles. The van der Waals surface area contributed by atoms with Gasteiger partial charge in [-0.15, -0.1) is 11.3 Å². The van der Waals surface area contributed by atoms with Crippen LogP contribution >= 0.6 is 11.3 Å². The second-order valence-corrected chi connectivity index (χ2v) is 4.68. The van der Waals surface area contributed by atoms with Crippen molar-refractivity contribution in [1.29, 1.82) is 0 Å². The van der Waals surface area contributed by atoms with Crippen LogP contribution in [0.4, 0.5) is 5.00 Å². The summed E-state index contributed by atoms with van der Waals surface area (Å²) >= 11 is 1.57. The third-order valence-electron chi connectivity index (χ3n) is 2.87. The van der Waals surface area contributed by atoms with Crippen molar-refractivity contribution in [2.45, 2.75) is 44.4 Å². The second-order valence-electron chi connectivity index (χ2n) is 3.79. The number of nitrogen functional groups attached to an aromatic ring is 1. The Morgan fingerprint density at radius 2 is 1.92 bits per heavy atom. The van der Waals surface area contributed by atoms with Crippen molar-refractivity contribution >= 4 is 16.3 Å². The highest BCUT2D eigenvalue weighted by Gasteiger charge is 2.18. The Bertz CT molecular complexity index is 262. The molecule has 1 aliphatic carbocycles. The molecule has 2 nitrogen and oxygen atoms in total. The second kappa shape index (κ2) is 4.09. The van der Waals surface area contributed by atoms with Crippen molar-refractivity contribution in [2.24, 2.45) is 0 Å². The van der Waals surface area contributed by atoms with E-state index in [9.17, 15) is 0 Å². The number of thiazole rings is 1. The highest BCUT2D eigenvalue weighted by Crippen LogP contribution is 2.34. The van der Waals surface area contributed by atoms with Gasteiger partial charge in [0.05, 0.1) is 11.2 Å². The fourth-order valence-electron chi connectivity index (χ4n) is 2.12. The number of nitrogens with two attached hydrogens (primary N) is 1. The number of nitrogens with zero attached hydrogens (tertiary/aromatic N) is 1. The van der Waals surface area contributed by atoms with E-state index in [-0.39, 0.29) is 0 Å². The first-order chi connectivity index (χ1) is 6.38. The van der Waals surface area contributed by atoms with Gasteiger partial charge < -0.3 is 5.73 Å². The number of anilines is 1. The summed E-state index contributed by atoms with van der Waals surface area (Å²) in [5.74, 6) is 0.647. The first kappa shape index (κ1) is 9.00. The molecule has 1 aliphatic rings. The van der Waals surface area contributed by atoms with Crippen molar-refractivity contribution in [1.82, 2.24) is 4.98 Å². The van der Waals surface area contributed by atoms with Gasteiger partial charge in [-0.2, -0.15) is 0 Å². The predicted molar refractivity (Wildman–Crippen MR) is 57.0 cm³/mol. The lowest BCUT2D eigenvalue weighted by molar-refractivity contribution is 0.582. The summed E-state index contributed by atoms with van der Waals surface area (Å²) in [6, 6.07) is 0. The van der Waals surface area contributed by atoms with Crippen LogP contribution in [0.3, 0.4) is 0 Å². The fraction of sp³-hybridized carbons (Fsp3) is 0.700. The molecule has 0 radical (unpaired) electrons. The van der Waals surface area contributed by atoms with Gasteiger partial charge in [-0.3, -0.25) is 0 Å². The summed E-state index contributed by atoms with van der Waals surface area (Å²) in [7, 11) is 0. The molecule has 1 heterocycles. The van der Waals surface area contributed by atoms with Crippen LogP contribution in [0.2, 0.25) is 0 Å². The first-order valence-electron chi connectivity index (χ1n) is 5.07. The van der Waals surface area contributed by atoms with Crippen LogP contribution in [0.15, 0.2) is 5.51 Å².